The van der Waals surface area contributed by atoms with Crippen molar-refractivity contribution >= 4 is 0 Å². The van der Waals surface area contributed by atoms with Gasteiger partial charge in [-0.1, -0.05) is 0 Å². The fourth-order valence-electron chi connectivity index (χ4n) is 1.14. The molecule has 0 aliphatic rings. The lowest BCUT2D eigenvalue weighted by Gasteiger charge is -1.95. The first kappa shape index (κ1) is 8.00. The van der Waals surface area contributed by atoms with Gasteiger partial charge in [0.2, 0.25) is 5.89 Å². The minimum absolute atomic E-state index is 0.317. The highest BCUT2D eigenvalue weighted by Crippen LogP contribution is 2.18. The monoisotopic (exact) mass is 178 g/mol. The van der Waals surface area contributed by atoms with Crippen LogP contribution in [0.2, 0.25) is 0 Å². The summed E-state index contributed by atoms with van der Waals surface area (Å²) in [5.74, 6) is 1.23. The van der Waals surface area contributed by atoms with Crippen LogP contribution in [0.5, 0.6) is 0 Å². The van der Waals surface area contributed by atoms with E-state index < -0.39 is 0 Å². The molecule has 2 heterocycles. The van der Waals surface area contributed by atoms with Crippen LogP contribution in [0.15, 0.2) is 22.9 Å². The van der Waals surface area contributed by atoms with Crippen LogP contribution >= 0.6 is 0 Å². The molecule has 0 aliphatic heterocycles. The zero-order chi connectivity index (χ0) is 9.26. The second-order valence-electron chi connectivity index (χ2n) is 2.66. The third-order valence-electron chi connectivity index (χ3n) is 1.80. The maximum absolute atomic E-state index is 5.38. The molecule has 2 aromatic heterocycles. The van der Waals surface area contributed by atoms with Crippen molar-refractivity contribution in [3.05, 3.63) is 24.4 Å². The molecule has 0 aromatic carbocycles. The number of nitrogens with zero attached hydrogens (tertiary/aromatic N) is 3. The predicted octanol–water partition coefficient (Wildman–Crippen LogP) is 0.534. The number of hydrogen-bond donors (Lipinski definition) is 1. The molecule has 0 atom stereocenters. The first-order valence-electron chi connectivity index (χ1n) is 3.94. The highest BCUT2D eigenvalue weighted by atomic mass is 16.4. The topological polar surface area (TPSA) is 69.9 Å². The van der Waals surface area contributed by atoms with E-state index in [2.05, 4.69) is 10.1 Å². The number of aromatic nitrogens is 3. The Hall–Kier alpha value is -1.62. The second-order valence-corrected chi connectivity index (χ2v) is 2.66. The Bertz CT molecular complexity index is 404. The summed E-state index contributed by atoms with van der Waals surface area (Å²) in [4.78, 5) is 4.00. The van der Waals surface area contributed by atoms with Crippen LogP contribution in [0.25, 0.3) is 11.5 Å². The Balaban J connectivity index is 2.41. The van der Waals surface area contributed by atoms with Gasteiger partial charge in [-0.15, -0.1) is 0 Å². The van der Waals surface area contributed by atoms with Crippen molar-refractivity contribution in [2.45, 2.75) is 6.54 Å². The quantitative estimate of drug-likeness (QED) is 0.728. The third kappa shape index (κ3) is 1.33. The molecule has 5 nitrogen and oxygen atoms in total. The standard InChI is InChI=1S/C8H10N4O/c1-12-6(2-3-11-12)7-5-10-8(4-9)13-7/h2-3,5H,4,9H2,1H3. The lowest BCUT2D eigenvalue weighted by Crippen LogP contribution is -1.95. The Labute approximate surface area is 75.2 Å². The van der Waals surface area contributed by atoms with Gasteiger partial charge in [0.25, 0.3) is 0 Å². The summed E-state index contributed by atoms with van der Waals surface area (Å²) in [6.45, 7) is 0.317. The van der Waals surface area contributed by atoms with Crippen molar-refractivity contribution in [3.8, 4) is 11.5 Å². The molecule has 0 spiro atoms. The molecule has 2 N–H and O–H groups in total. The lowest BCUT2D eigenvalue weighted by atomic mass is 10.3. The normalized spacial score (nSPS) is 10.6. The average molecular weight is 178 g/mol. The van der Waals surface area contributed by atoms with E-state index in [4.69, 9.17) is 10.2 Å². The molecular formula is C8H10N4O. The van der Waals surface area contributed by atoms with Gasteiger partial charge in [-0.25, -0.2) is 4.98 Å². The molecular weight excluding hydrogens is 168 g/mol. The summed E-state index contributed by atoms with van der Waals surface area (Å²) >= 11 is 0. The summed E-state index contributed by atoms with van der Waals surface area (Å²) in [6.07, 6.45) is 3.36. The van der Waals surface area contributed by atoms with Crippen LogP contribution in [0.1, 0.15) is 5.89 Å². The fraction of sp³-hybridized carbons (Fsp3) is 0.250. The van der Waals surface area contributed by atoms with E-state index in [1.165, 1.54) is 0 Å². The molecule has 0 saturated heterocycles. The molecule has 0 radical (unpaired) electrons. The predicted molar refractivity (Wildman–Crippen MR) is 46.6 cm³/mol. The minimum Gasteiger partial charge on any atom is -0.438 e. The van der Waals surface area contributed by atoms with Gasteiger partial charge in [0.1, 0.15) is 5.69 Å². The maximum Gasteiger partial charge on any atom is 0.208 e. The van der Waals surface area contributed by atoms with Crippen molar-refractivity contribution in [1.82, 2.24) is 14.8 Å². The molecule has 0 aliphatic carbocycles. The minimum atomic E-state index is 0.317. The van der Waals surface area contributed by atoms with Crippen LogP contribution in [-0.4, -0.2) is 14.8 Å². The molecule has 0 fully saturated rings. The van der Waals surface area contributed by atoms with Crippen LogP contribution in [0, 0.1) is 0 Å². The Kier molecular flexibility index (Phi) is 1.86. The van der Waals surface area contributed by atoms with E-state index in [-0.39, 0.29) is 0 Å². The third-order valence-corrected chi connectivity index (χ3v) is 1.80. The summed E-state index contributed by atoms with van der Waals surface area (Å²) < 4.78 is 7.08. The summed E-state index contributed by atoms with van der Waals surface area (Å²) in [5.41, 5.74) is 6.27. The van der Waals surface area contributed by atoms with Crippen LogP contribution < -0.4 is 5.73 Å². The zero-order valence-corrected chi connectivity index (χ0v) is 7.27. The van der Waals surface area contributed by atoms with Gasteiger partial charge in [-0.3, -0.25) is 4.68 Å². The van der Waals surface area contributed by atoms with Crippen LogP contribution in [-0.2, 0) is 13.6 Å². The molecule has 0 bridgehead atoms. The lowest BCUT2D eigenvalue weighted by molar-refractivity contribution is 0.505. The van der Waals surface area contributed by atoms with Crippen LogP contribution in [0.4, 0.5) is 0 Å². The van der Waals surface area contributed by atoms with Gasteiger partial charge in [0.05, 0.1) is 12.7 Å². The fourth-order valence-corrected chi connectivity index (χ4v) is 1.14. The number of rotatable bonds is 2. The largest absolute Gasteiger partial charge is 0.438 e. The highest BCUT2D eigenvalue weighted by Gasteiger charge is 2.07. The maximum atomic E-state index is 5.38. The number of nitrogens with two attached hydrogens (primary N) is 1. The number of oxazole rings is 1. The van der Waals surface area contributed by atoms with Crippen molar-refractivity contribution in [2.75, 3.05) is 0 Å². The van der Waals surface area contributed by atoms with Crippen molar-refractivity contribution < 1.29 is 4.42 Å². The molecule has 68 valence electrons. The van der Waals surface area contributed by atoms with Crippen molar-refractivity contribution in [2.24, 2.45) is 12.8 Å². The molecule has 2 rings (SSSR count). The highest BCUT2D eigenvalue weighted by molar-refractivity contribution is 5.50. The van der Waals surface area contributed by atoms with E-state index in [0.29, 0.717) is 18.2 Å². The van der Waals surface area contributed by atoms with Crippen LogP contribution in [0.3, 0.4) is 0 Å². The first-order chi connectivity index (χ1) is 6.31. The summed E-state index contributed by atoms with van der Waals surface area (Å²) in [6, 6.07) is 1.86. The summed E-state index contributed by atoms with van der Waals surface area (Å²) in [7, 11) is 1.85. The van der Waals surface area contributed by atoms with Gasteiger partial charge in [-0.05, 0) is 6.07 Å². The summed E-state index contributed by atoms with van der Waals surface area (Å²) in [5, 5.41) is 4.03. The van der Waals surface area contributed by atoms with Crippen molar-refractivity contribution in [1.29, 1.82) is 0 Å². The van der Waals surface area contributed by atoms with E-state index >= 15 is 0 Å². The molecule has 2 aromatic rings. The van der Waals surface area contributed by atoms with E-state index in [9.17, 15) is 0 Å². The average Bonchev–Trinajstić information content (AvgIpc) is 2.71. The van der Waals surface area contributed by atoms with E-state index in [1.807, 2.05) is 13.1 Å². The molecule has 5 heteroatoms. The Morgan fingerprint density at radius 3 is 3.00 bits per heavy atom. The molecule has 13 heavy (non-hydrogen) atoms. The zero-order valence-electron chi connectivity index (χ0n) is 7.27. The Morgan fingerprint density at radius 2 is 2.46 bits per heavy atom. The molecule has 0 saturated carbocycles. The Morgan fingerprint density at radius 1 is 1.62 bits per heavy atom. The van der Waals surface area contributed by atoms with Gasteiger partial charge in [0, 0.05) is 13.2 Å². The second kappa shape index (κ2) is 3.02. The van der Waals surface area contributed by atoms with Gasteiger partial charge < -0.3 is 10.2 Å². The van der Waals surface area contributed by atoms with Crippen molar-refractivity contribution in [3.63, 3.8) is 0 Å². The van der Waals surface area contributed by atoms with E-state index in [1.54, 1.807) is 17.1 Å². The SMILES string of the molecule is Cn1nccc1-c1cnc(CN)o1. The first-order valence-corrected chi connectivity index (χ1v) is 3.94. The number of hydrogen-bond acceptors (Lipinski definition) is 4. The van der Waals surface area contributed by atoms with Gasteiger partial charge in [0.15, 0.2) is 5.76 Å². The molecule has 0 unspecified atom stereocenters. The number of aryl methyl sites for hydroxylation is 1. The smallest absolute Gasteiger partial charge is 0.208 e. The van der Waals surface area contributed by atoms with E-state index in [0.717, 1.165) is 5.69 Å². The van der Waals surface area contributed by atoms with Gasteiger partial charge >= 0.3 is 0 Å². The van der Waals surface area contributed by atoms with Gasteiger partial charge in [-0.2, -0.15) is 5.10 Å². The molecule has 0 amide bonds.